The molecule has 0 aliphatic heterocycles. The largest absolute Gasteiger partial charge is 0.497 e. The fourth-order valence-electron chi connectivity index (χ4n) is 3.10. The first-order chi connectivity index (χ1) is 14.1. The Bertz CT molecular complexity index is 1170. The highest BCUT2D eigenvalue weighted by Gasteiger charge is 2.09. The number of nitrogens with zero attached hydrogens (tertiary/aromatic N) is 4. The Morgan fingerprint density at radius 1 is 0.897 bits per heavy atom. The molecule has 0 amide bonds. The first kappa shape index (κ1) is 18.5. The number of ether oxygens (including phenoxy) is 2. The second-order valence-electron chi connectivity index (χ2n) is 6.55. The Morgan fingerprint density at radius 2 is 1.69 bits per heavy atom. The summed E-state index contributed by atoms with van der Waals surface area (Å²) in [5.41, 5.74) is 3.72. The van der Waals surface area contributed by atoms with Gasteiger partial charge in [0.15, 0.2) is 0 Å². The van der Waals surface area contributed by atoms with E-state index in [2.05, 4.69) is 38.7 Å². The van der Waals surface area contributed by atoms with Crippen LogP contribution in [0.15, 0.2) is 48.8 Å². The van der Waals surface area contributed by atoms with Crippen LogP contribution >= 0.6 is 0 Å². The third-order valence-electron chi connectivity index (χ3n) is 4.74. The summed E-state index contributed by atoms with van der Waals surface area (Å²) in [6.45, 7) is 2.05. The Balaban J connectivity index is 1.58. The molecular weight excluding hydrogens is 368 g/mol. The van der Waals surface area contributed by atoms with Gasteiger partial charge in [-0.2, -0.15) is 5.10 Å². The molecule has 0 unspecified atom stereocenters. The fraction of sp³-hybridized carbons (Fsp3) is 0.190. The first-order valence-corrected chi connectivity index (χ1v) is 9.09. The first-order valence-electron chi connectivity index (χ1n) is 9.09. The molecule has 4 aromatic rings. The van der Waals surface area contributed by atoms with Gasteiger partial charge in [-0.25, -0.2) is 9.97 Å². The lowest BCUT2D eigenvalue weighted by atomic mass is 10.2. The van der Waals surface area contributed by atoms with Gasteiger partial charge in [-0.15, -0.1) is 0 Å². The fourth-order valence-corrected chi connectivity index (χ4v) is 3.10. The number of hydrogen-bond acceptors (Lipinski definition) is 7. The lowest BCUT2D eigenvalue weighted by Crippen LogP contribution is -2.00. The summed E-state index contributed by atoms with van der Waals surface area (Å²) in [5.74, 6) is 2.70. The molecule has 0 radical (unpaired) electrons. The van der Waals surface area contributed by atoms with Crippen molar-refractivity contribution in [2.75, 3.05) is 24.9 Å². The summed E-state index contributed by atoms with van der Waals surface area (Å²) in [4.78, 5) is 8.61. The van der Waals surface area contributed by atoms with E-state index in [-0.39, 0.29) is 0 Å². The zero-order valence-electron chi connectivity index (χ0n) is 16.7. The zero-order valence-corrected chi connectivity index (χ0v) is 16.7. The van der Waals surface area contributed by atoms with Crippen molar-refractivity contribution in [2.45, 2.75) is 6.92 Å². The molecule has 0 bridgehead atoms. The highest BCUT2D eigenvalue weighted by molar-refractivity contribution is 5.85. The van der Waals surface area contributed by atoms with Gasteiger partial charge in [0.05, 0.1) is 25.4 Å². The molecule has 2 heterocycles. The molecule has 0 saturated carbocycles. The van der Waals surface area contributed by atoms with Crippen LogP contribution in [0.4, 0.5) is 23.0 Å². The van der Waals surface area contributed by atoms with E-state index in [1.807, 2.05) is 48.1 Å². The van der Waals surface area contributed by atoms with Gasteiger partial charge in [0.25, 0.3) is 0 Å². The summed E-state index contributed by atoms with van der Waals surface area (Å²) >= 11 is 0. The molecule has 0 saturated heterocycles. The Hall–Kier alpha value is -3.81. The number of rotatable bonds is 6. The van der Waals surface area contributed by atoms with Gasteiger partial charge >= 0.3 is 0 Å². The molecular formula is C21H22N6O2. The average Bonchev–Trinajstić information content (AvgIpc) is 3.01. The molecule has 0 aliphatic rings. The number of fused-ring (bicyclic) bond motifs is 1. The summed E-state index contributed by atoms with van der Waals surface area (Å²) in [7, 11) is 5.19. The van der Waals surface area contributed by atoms with Crippen LogP contribution in [0.2, 0.25) is 0 Å². The quantitative estimate of drug-likeness (QED) is 0.511. The molecule has 0 spiro atoms. The molecule has 29 heavy (non-hydrogen) atoms. The summed E-state index contributed by atoms with van der Waals surface area (Å²) in [5, 5.41) is 12.2. The van der Waals surface area contributed by atoms with Gasteiger partial charge < -0.3 is 20.1 Å². The monoisotopic (exact) mass is 390 g/mol. The second-order valence-corrected chi connectivity index (χ2v) is 6.55. The van der Waals surface area contributed by atoms with Crippen molar-refractivity contribution in [2.24, 2.45) is 7.05 Å². The van der Waals surface area contributed by atoms with Crippen molar-refractivity contribution in [1.29, 1.82) is 0 Å². The molecule has 0 atom stereocenters. The number of methoxy groups -OCH3 is 2. The van der Waals surface area contributed by atoms with E-state index in [1.165, 1.54) is 6.33 Å². The van der Waals surface area contributed by atoms with Crippen molar-refractivity contribution in [3.05, 3.63) is 54.5 Å². The second kappa shape index (κ2) is 7.67. The molecule has 2 aromatic heterocycles. The summed E-state index contributed by atoms with van der Waals surface area (Å²) < 4.78 is 12.6. The molecule has 8 nitrogen and oxygen atoms in total. The van der Waals surface area contributed by atoms with E-state index in [4.69, 9.17) is 9.47 Å². The highest BCUT2D eigenvalue weighted by Crippen LogP contribution is 2.31. The number of anilines is 4. The van der Waals surface area contributed by atoms with Crippen LogP contribution in [-0.2, 0) is 7.05 Å². The minimum atomic E-state index is 0.629. The molecule has 2 aromatic carbocycles. The van der Waals surface area contributed by atoms with Crippen LogP contribution in [0.5, 0.6) is 11.5 Å². The van der Waals surface area contributed by atoms with Crippen LogP contribution in [0.25, 0.3) is 10.9 Å². The van der Waals surface area contributed by atoms with Gasteiger partial charge in [-0.3, -0.25) is 4.68 Å². The third-order valence-corrected chi connectivity index (χ3v) is 4.74. The lowest BCUT2D eigenvalue weighted by Gasteiger charge is -2.13. The van der Waals surface area contributed by atoms with Crippen molar-refractivity contribution >= 4 is 33.9 Å². The Kier molecular flexibility index (Phi) is 4.90. The molecule has 0 fully saturated rings. The van der Waals surface area contributed by atoms with Crippen LogP contribution < -0.4 is 20.1 Å². The van der Waals surface area contributed by atoms with Crippen molar-refractivity contribution in [3.8, 4) is 11.5 Å². The predicted octanol–water partition coefficient (Wildman–Crippen LogP) is 4.18. The molecule has 8 heteroatoms. The van der Waals surface area contributed by atoms with Gasteiger partial charge in [0.2, 0.25) is 0 Å². The van der Waals surface area contributed by atoms with Crippen LogP contribution in [0.1, 0.15) is 5.69 Å². The average molecular weight is 390 g/mol. The Morgan fingerprint density at radius 3 is 2.45 bits per heavy atom. The normalized spacial score (nSPS) is 10.8. The topological polar surface area (TPSA) is 86.1 Å². The van der Waals surface area contributed by atoms with E-state index in [9.17, 15) is 0 Å². The maximum atomic E-state index is 5.41. The molecule has 4 rings (SSSR count). The van der Waals surface area contributed by atoms with Gasteiger partial charge in [-0.1, -0.05) is 0 Å². The minimum Gasteiger partial charge on any atom is -0.497 e. The number of benzene rings is 2. The maximum absolute atomic E-state index is 5.41. The Labute approximate surface area is 168 Å². The standard InChI is InChI=1S/C21H22N6O2/c1-13-16-7-5-14(9-17(16)26-27(13)2)24-20-11-21(23-12-22-20)25-18-10-15(28-3)6-8-19(18)29-4/h5-12H,1-4H3,(H2,22,23,24,25). The van der Waals surface area contributed by atoms with E-state index in [0.717, 1.165) is 33.7 Å². The SMILES string of the molecule is COc1ccc(OC)c(Nc2cc(Nc3ccc4c(C)n(C)nc4c3)ncn2)c1. The van der Waals surface area contributed by atoms with Crippen molar-refractivity contribution in [1.82, 2.24) is 19.7 Å². The zero-order chi connectivity index (χ0) is 20.4. The smallest absolute Gasteiger partial charge is 0.142 e. The summed E-state index contributed by atoms with van der Waals surface area (Å²) in [6.07, 6.45) is 1.50. The minimum absolute atomic E-state index is 0.629. The maximum Gasteiger partial charge on any atom is 0.142 e. The molecule has 148 valence electrons. The number of nitrogens with one attached hydrogen (secondary N) is 2. The molecule has 2 N–H and O–H groups in total. The van der Waals surface area contributed by atoms with E-state index in [0.29, 0.717) is 17.4 Å². The third kappa shape index (κ3) is 3.77. The number of hydrogen-bond donors (Lipinski definition) is 2. The van der Waals surface area contributed by atoms with Crippen molar-refractivity contribution in [3.63, 3.8) is 0 Å². The van der Waals surface area contributed by atoms with Crippen LogP contribution in [-0.4, -0.2) is 34.0 Å². The van der Waals surface area contributed by atoms with Crippen LogP contribution in [0.3, 0.4) is 0 Å². The van der Waals surface area contributed by atoms with Gasteiger partial charge in [-0.05, 0) is 37.3 Å². The van der Waals surface area contributed by atoms with E-state index in [1.54, 1.807) is 14.2 Å². The van der Waals surface area contributed by atoms with Gasteiger partial charge in [0.1, 0.15) is 29.5 Å². The summed E-state index contributed by atoms with van der Waals surface area (Å²) in [6, 6.07) is 13.4. The van der Waals surface area contributed by atoms with Crippen molar-refractivity contribution < 1.29 is 9.47 Å². The van der Waals surface area contributed by atoms with Gasteiger partial charge in [0, 0.05) is 35.9 Å². The number of aromatic nitrogens is 4. The number of aryl methyl sites for hydroxylation is 2. The highest BCUT2D eigenvalue weighted by atomic mass is 16.5. The van der Waals surface area contributed by atoms with E-state index >= 15 is 0 Å². The lowest BCUT2D eigenvalue weighted by molar-refractivity contribution is 0.405. The molecule has 0 aliphatic carbocycles. The van der Waals surface area contributed by atoms with E-state index < -0.39 is 0 Å². The predicted molar refractivity (Wildman–Crippen MR) is 114 cm³/mol. The van der Waals surface area contributed by atoms with Crippen LogP contribution in [0, 0.1) is 6.92 Å².